The Bertz CT molecular complexity index is 900. The average Bonchev–Trinajstić information content (AvgIpc) is 3.03. The maximum absolute atomic E-state index is 12.0. The summed E-state index contributed by atoms with van der Waals surface area (Å²) in [4.78, 5) is 60.5. The SMILES string of the molecule is CC(C)(C)OC(=O)NC(=S)NNc1ccc(C(=O)ON2C(=O)CCC2=O)cc1.NNC(=O)O. The van der Waals surface area contributed by atoms with E-state index >= 15 is 0 Å². The van der Waals surface area contributed by atoms with E-state index in [0.717, 1.165) is 0 Å². The summed E-state index contributed by atoms with van der Waals surface area (Å²) in [7, 11) is 0. The first-order valence-corrected chi connectivity index (χ1v) is 9.67. The predicted molar refractivity (Wildman–Crippen MR) is 117 cm³/mol. The largest absolute Gasteiger partial charge is 0.464 e. The van der Waals surface area contributed by atoms with E-state index in [2.05, 4.69) is 22.0 Å². The number of hydrazine groups is 2. The lowest BCUT2D eigenvalue weighted by atomic mass is 10.2. The van der Waals surface area contributed by atoms with Crippen molar-refractivity contribution in [2.45, 2.75) is 39.2 Å². The highest BCUT2D eigenvalue weighted by molar-refractivity contribution is 7.80. The number of carbonyl (C=O) groups is 5. The van der Waals surface area contributed by atoms with Crippen molar-refractivity contribution >= 4 is 53.0 Å². The Kier molecular flexibility index (Phi) is 9.97. The lowest BCUT2D eigenvalue weighted by Gasteiger charge is -2.20. The number of nitrogens with zero attached hydrogens (tertiary/aromatic N) is 1. The number of hydrogen-bond acceptors (Lipinski definition) is 10. The molecule has 2 rings (SSSR count). The van der Waals surface area contributed by atoms with Crippen LogP contribution in [0.25, 0.3) is 0 Å². The van der Waals surface area contributed by atoms with Crippen LogP contribution in [-0.4, -0.2) is 50.9 Å². The van der Waals surface area contributed by atoms with Crippen molar-refractivity contribution in [3.63, 3.8) is 0 Å². The van der Waals surface area contributed by atoms with E-state index in [9.17, 15) is 19.2 Å². The fraction of sp³-hybridized carbons (Fsp3) is 0.333. The van der Waals surface area contributed by atoms with Crippen LogP contribution < -0.4 is 27.4 Å². The Morgan fingerprint density at radius 3 is 2.06 bits per heavy atom. The van der Waals surface area contributed by atoms with Gasteiger partial charge in [-0.1, -0.05) is 0 Å². The second kappa shape index (κ2) is 12.2. The fourth-order valence-corrected chi connectivity index (χ4v) is 2.17. The molecule has 1 aromatic carbocycles. The predicted octanol–water partition coefficient (Wildman–Crippen LogP) is 0.761. The molecule has 0 bridgehead atoms. The third-order valence-corrected chi connectivity index (χ3v) is 3.56. The third-order valence-electron chi connectivity index (χ3n) is 3.36. The maximum atomic E-state index is 12.0. The first-order valence-electron chi connectivity index (χ1n) is 9.26. The van der Waals surface area contributed by atoms with E-state index in [-0.39, 0.29) is 23.5 Å². The van der Waals surface area contributed by atoms with Crippen molar-refractivity contribution < 1.29 is 38.7 Å². The van der Waals surface area contributed by atoms with Crippen molar-refractivity contribution in [3.05, 3.63) is 29.8 Å². The Morgan fingerprint density at radius 1 is 1.09 bits per heavy atom. The van der Waals surface area contributed by atoms with E-state index < -0.39 is 35.6 Å². The summed E-state index contributed by atoms with van der Waals surface area (Å²) in [5, 5.41) is 10.3. The molecule has 1 fully saturated rings. The number of anilines is 1. The van der Waals surface area contributed by atoms with Gasteiger partial charge in [0.2, 0.25) is 0 Å². The standard InChI is InChI=1S/C17H20N4O6S.CH4N2O2/c1-17(2,3)26-16(25)18-15(28)20-19-11-6-4-10(5-7-11)14(24)27-21-12(22)8-9-13(21)23;2-3-1(4)5/h4-7,19H,8-9H2,1-3H3,(H2,18,20,25,28);3H,2H2,(H,4,5). The minimum absolute atomic E-state index is 0.0104. The van der Waals surface area contributed by atoms with Gasteiger partial charge in [0, 0.05) is 12.8 Å². The van der Waals surface area contributed by atoms with Crippen LogP contribution in [0.4, 0.5) is 15.3 Å². The lowest BCUT2D eigenvalue weighted by Crippen LogP contribution is -2.44. The molecule has 4 amide bonds. The van der Waals surface area contributed by atoms with Gasteiger partial charge in [0.25, 0.3) is 11.8 Å². The van der Waals surface area contributed by atoms with E-state index in [1.807, 2.05) is 0 Å². The zero-order valence-corrected chi connectivity index (χ0v) is 18.8. The Morgan fingerprint density at radius 2 is 1.61 bits per heavy atom. The molecule has 14 nitrogen and oxygen atoms in total. The number of rotatable bonds is 4. The Hall–Kier alpha value is -3.98. The van der Waals surface area contributed by atoms with Crippen LogP contribution in [0.5, 0.6) is 0 Å². The van der Waals surface area contributed by atoms with E-state index in [4.69, 9.17) is 31.7 Å². The summed E-state index contributed by atoms with van der Waals surface area (Å²) in [6.07, 6.45) is -1.86. The minimum Gasteiger partial charge on any atom is -0.464 e. The van der Waals surface area contributed by atoms with Gasteiger partial charge < -0.3 is 14.7 Å². The second-order valence-corrected chi connectivity index (χ2v) is 7.60. The molecular formula is C18H24N6O8S. The normalized spacial score (nSPS) is 12.7. The number of nitrogens with two attached hydrogens (primary N) is 1. The molecule has 1 aliphatic heterocycles. The van der Waals surface area contributed by atoms with Gasteiger partial charge in [0.15, 0.2) is 5.11 Å². The monoisotopic (exact) mass is 484 g/mol. The zero-order chi connectivity index (χ0) is 25.2. The maximum Gasteiger partial charge on any atom is 0.418 e. The van der Waals surface area contributed by atoms with Gasteiger partial charge in [0.1, 0.15) is 5.60 Å². The molecule has 0 saturated carbocycles. The van der Waals surface area contributed by atoms with Crippen molar-refractivity contribution in [2.24, 2.45) is 5.84 Å². The van der Waals surface area contributed by atoms with E-state index in [1.165, 1.54) is 29.7 Å². The van der Waals surface area contributed by atoms with Gasteiger partial charge in [-0.2, -0.15) is 0 Å². The average molecular weight is 484 g/mol. The van der Waals surface area contributed by atoms with Gasteiger partial charge in [-0.05, 0) is 57.3 Å². The number of alkyl carbamates (subject to hydrolysis) is 1. The summed E-state index contributed by atoms with van der Waals surface area (Å²) < 4.78 is 5.06. The number of ether oxygens (including phenoxy) is 1. The number of amides is 4. The molecule has 1 aliphatic rings. The first kappa shape index (κ1) is 27.1. The lowest BCUT2D eigenvalue weighted by molar-refractivity contribution is -0.172. The number of nitrogens with one attached hydrogen (secondary N) is 4. The molecule has 0 aromatic heterocycles. The molecule has 15 heteroatoms. The molecule has 0 radical (unpaired) electrons. The van der Waals surface area contributed by atoms with Crippen LogP contribution >= 0.6 is 12.2 Å². The molecule has 0 aliphatic carbocycles. The summed E-state index contributed by atoms with van der Waals surface area (Å²) in [6.45, 7) is 5.18. The first-order chi connectivity index (χ1) is 15.3. The van der Waals surface area contributed by atoms with Crippen LogP contribution in [-0.2, 0) is 19.2 Å². The highest BCUT2D eigenvalue weighted by Gasteiger charge is 2.33. The van der Waals surface area contributed by atoms with Crippen LogP contribution in [0.15, 0.2) is 24.3 Å². The molecular weight excluding hydrogens is 460 g/mol. The molecule has 1 aromatic rings. The Balaban J connectivity index is 0.000000981. The summed E-state index contributed by atoms with van der Waals surface area (Å²) >= 11 is 4.96. The molecule has 1 heterocycles. The van der Waals surface area contributed by atoms with Crippen molar-refractivity contribution in [2.75, 3.05) is 5.43 Å². The second-order valence-electron chi connectivity index (χ2n) is 7.19. The van der Waals surface area contributed by atoms with Gasteiger partial charge in [-0.15, -0.1) is 5.06 Å². The summed E-state index contributed by atoms with van der Waals surface area (Å²) in [5.74, 6) is 2.39. The zero-order valence-electron chi connectivity index (χ0n) is 18.0. The number of carbonyl (C=O) groups excluding carboxylic acids is 4. The number of imide groups is 1. The molecule has 33 heavy (non-hydrogen) atoms. The number of thiocarbonyl (C=S) groups is 1. The van der Waals surface area contributed by atoms with Crippen molar-refractivity contribution in [1.82, 2.24) is 21.2 Å². The minimum atomic E-state index is -1.22. The van der Waals surface area contributed by atoms with Crippen molar-refractivity contribution in [1.29, 1.82) is 0 Å². The van der Waals surface area contributed by atoms with Gasteiger partial charge in [-0.3, -0.25) is 31.2 Å². The summed E-state index contributed by atoms with van der Waals surface area (Å²) in [5.41, 5.74) is 6.79. The summed E-state index contributed by atoms with van der Waals surface area (Å²) in [6, 6.07) is 5.93. The van der Waals surface area contributed by atoms with Crippen LogP contribution in [0.2, 0.25) is 0 Å². The quantitative estimate of drug-likeness (QED) is 0.115. The van der Waals surface area contributed by atoms with Gasteiger partial charge >= 0.3 is 18.2 Å². The molecule has 180 valence electrons. The smallest absolute Gasteiger partial charge is 0.418 e. The number of carboxylic acid groups (broad SMARTS) is 1. The van der Waals surface area contributed by atoms with Crippen molar-refractivity contribution in [3.8, 4) is 0 Å². The molecule has 0 unspecified atom stereocenters. The van der Waals surface area contributed by atoms with Gasteiger partial charge in [0.05, 0.1) is 11.3 Å². The van der Waals surface area contributed by atoms with E-state index in [0.29, 0.717) is 10.8 Å². The number of hydroxylamine groups is 2. The number of hydrogen-bond donors (Lipinski definition) is 6. The van der Waals surface area contributed by atoms with Crippen LogP contribution in [0.3, 0.4) is 0 Å². The molecule has 7 N–H and O–H groups in total. The highest BCUT2D eigenvalue weighted by atomic mass is 32.1. The third kappa shape index (κ3) is 10.3. The molecule has 0 spiro atoms. The highest BCUT2D eigenvalue weighted by Crippen LogP contribution is 2.15. The van der Waals surface area contributed by atoms with Crippen LogP contribution in [0, 0.1) is 0 Å². The topological polar surface area (TPSA) is 201 Å². The fourth-order valence-electron chi connectivity index (χ4n) is 2.04. The molecule has 1 saturated heterocycles. The Labute approximate surface area is 193 Å². The molecule has 0 atom stereocenters. The van der Waals surface area contributed by atoms with E-state index in [1.54, 1.807) is 20.8 Å². The van der Waals surface area contributed by atoms with Gasteiger partial charge in [-0.25, -0.2) is 20.2 Å². The van der Waals surface area contributed by atoms with Crippen LogP contribution in [0.1, 0.15) is 44.0 Å². The number of benzene rings is 1.